The molecule has 5 heteroatoms. The van der Waals surface area contributed by atoms with Gasteiger partial charge in [-0.05, 0) is 45.8 Å². The van der Waals surface area contributed by atoms with E-state index in [2.05, 4.69) is 15.9 Å². The Morgan fingerprint density at radius 1 is 1.10 bits per heavy atom. The quantitative estimate of drug-likeness (QED) is 0.720. The van der Waals surface area contributed by atoms with Gasteiger partial charge in [0.1, 0.15) is 17.3 Å². The average molecular weight is 360 g/mol. The van der Waals surface area contributed by atoms with Crippen LogP contribution < -0.4 is 9.47 Å². The molecule has 0 aliphatic rings. The summed E-state index contributed by atoms with van der Waals surface area (Å²) in [6.45, 7) is 0. The maximum absolute atomic E-state index is 13.3. The van der Waals surface area contributed by atoms with Crippen molar-refractivity contribution < 1.29 is 13.9 Å². The third-order valence-corrected chi connectivity index (χ3v) is 4.03. The summed E-state index contributed by atoms with van der Waals surface area (Å²) in [5.74, 6) is 0.930. The Hall–Kier alpha value is -1.26. The van der Waals surface area contributed by atoms with Gasteiger partial charge in [-0.2, -0.15) is 0 Å². The van der Waals surface area contributed by atoms with Crippen LogP contribution in [0.15, 0.2) is 40.9 Å². The zero-order valence-corrected chi connectivity index (χ0v) is 13.3. The van der Waals surface area contributed by atoms with E-state index >= 15 is 0 Å². The van der Waals surface area contributed by atoms with Crippen LogP contribution in [0.25, 0.3) is 0 Å². The Bertz CT molecular complexity index is 597. The van der Waals surface area contributed by atoms with Crippen LogP contribution in [0.2, 0.25) is 0 Å². The molecule has 2 rings (SSSR count). The second kappa shape index (κ2) is 6.46. The van der Waals surface area contributed by atoms with E-state index in [9.17, 15) is 4.39 Å². The van der Waals surface area contributed by atoms with E-state index in [4.69, 9.17) is 21.1 Å². The van der Waals surface area contributed by atoms with Crippen LogP contribution in [0.4, 0.5) is 4.39 Å². The second-order valence-corrected chi connectivity index (χ2v) is 5.40. The number of ether oxygens (including phenoxy) is 2. The third-order valence-electron chi connectivity index (χ3n) is 2.96. The van der Waals surface area contributed by atoms with E-state index in [-0.39, 0.29) is 5.82 Å². The minimum absolute atomic E-state index is 0.329. The van der Waals surface area contributed by atoms with Gasteiger partial charge in [0.25, 0.3) is 0 Å². The van der Waals surface area contributed by atoms with Gasteiger partial charge in [-0.3, -0.25) is 0 Å². The molecule has 0 aliphatic carbocycles. The Morgan fingerprint density at radius 3 is 2.20 bits per heavy atom. The molecule has 0 bridgehead atoms. The number of hydrogen-bond donors (Lipinski definition) is 0. The zero-order valence-electron chi connectivity index (χ0n) is 11.0. The number of halogens is 3. The summed E-state index contributed by atoms with van der Waals surface area (Å²) in [5, 5.41) is -0.502. The van der Waals surface area contributed by atoms with Crippen LogP contribution in [0, 0.1) is 5.82 Å². The summed E-state index contributed by atoms with van der Waals surface area (Å²) in [6, 6.07) is 10.1. The molecule has 20 heavy (non-hydrogen) atoms. The van der Waals surface area contributed by atoms with Gasteiger partial charge in [-0.25, -0.2) is 4.39 Å². The van der Waals surface area contributed by atoms with Crippen LogP contribution in [0.3, 0.4) is 0 Å². The Kier molecular flexibility index (Phi) is 4.89. The van der Waals surface area contributed by atoms with Gasteiger partial charge in [-0.15, -0.1) is 11.6 Å². The highest BCUT2D eigenvalue weighted by Crippen LogP contribution is 2.41. The standard InChI is InChI=1S/C15H13BrClFO2/c1-19-12-4-3-5-13(20-2)14(12)15(17)9-6-7-11(18)10(16)8-9/h3-8,15H,1-2H3. The highest BCUT2D eigenvalue weighted by molar-refractivity contribution is 9.10. The normalized spacial score (nSPS) is 12.1. The van der Waals surface area contributed by atoms with Crippen LogP contribution in [-0.2, 0) is 0 Å². The Labute approximate surface area is 130 Å². The van der Waals surface area contributed by atoms with Gasteiger partial charge in [-0.1, -0.05) is 12.1 Å². The van der Waals surface area contributed by atoms with E-state index in [1.54, 1.807) is 26.4 Å². The van der Waals surface area contributed by atoms with Crippen molar-refractivity contribution in [3.8, 4) is 11.5 Å². The molecule has 2 aromatic carbocycles. The molecule has 0 radical (unpaired) electrons. The molecule has 0 fully saturated rings. The van der Waals surface area contributed by atoms with E-state index in [1.807, 2.05) is 18.2 Å². The van der Waals surface area contributed by atoms with Crippen molar-refractivity contribution in [1.82, 2.24) is 0 Å². The third kappa shape index (κ3) is 2.91. The van der Waals surface area contributed by atoms with Crippen LogP contribution >= 0.6 is 27.5 Å². The first kappa shape index (κ1) is 15.1. The fourth-order valence-electron chi connectivity index (χ4n) is 1.97. The van der Waals surface area contributed by atoms with Gasteiger partial charge < -0.3 is 9.47 Å². The molecule has 0 N–H and O–H groups in total. The van der Waals surface area contributed by atoms with E-state index in [0.717, 1.165) is 11.1 Å². The Balaban J connectivity index is 2.51. The monoisotopic (exact) mass is 358 g/mol. The smallest absolute Gasteiger partial charge is 0.137 e. The van der Waals surface area contributed by atoms with E-state index in [1.165, 1.54) is 6.07 Å². The summed E-state index contributed by atoms with van der Waals surface area (Å²) < 4.78 is 24.4. The van der Waals surface area contributed by atoms with Crippen LogP contribution in [0.1, 0.15) is 16.5 Å². The first-order valence-electron chi connectivity index (χ1n) is 5.88. The molecule has 0 spiro atoms. The van der Waals surface area contributed by atoms with Crippen molar-refractivity contribution in [2.24, 2.45) is 0 Å². The summed E-state index contributed by atoms with van der Waals surface area (Å²) in [7, 11) is 3.14. The highest BCUT2D eigenvalue weighted by Gasteiger charge is 2.21. The van der Waals surface area contributed by atoms with Crippen molar-refractivity contribution in [2.45, 2.75) is 5.38 Å². The fourth-order valence-corrected chi connectivity index (χ4v) is 2.71. The lowest BCUT2D eigenvalue weighted by atomic mass is 10.0. The molecule has 1 unspecified atom stereocenters. The first-order chi connectivity index (χ1) is 9.58. The molecule has 2 nitrogen and oxygen atoms in total. The number of hydrogen-bond acceptors (Lipinski definition) is 2. The summed E-state index contributed by atoms with van der Waals surface area (Å²) >= 11 is 9.68. The number of rotatable bonds is 4. The average Bonchev–Trinajstić information content (AvgIpc) is 2.48. The highest BCUT2D eigenvalue weighted by atomic mass is 79.9. The van der Waals surface area contributed by atoms with Gasteiger partial charge in [0, 0.05) is 0 Å². The Morgan fingerprint density at radius 2 is 1.70 bits per heavy atom. The molecule has 0 amide bonds. The SMILES string of the molecule is COc1cccc(OC)c1C(Cl)c1ccc(F)c(Br)c1. The fraction of sp³-hybridized carbons (Fsp3) is 0.200. The van der Waals surface area contributed by atoms with Crippen LogP contribution in [0.5, 0.6) is 11.5 Å². The van der Waals surface area contributed by atoms with Crippen molar-refractivity contribution in [3.05, 3.63) is 57.8 Å². The van der Waals surface area contributed by atoms with Gasteiger partial charge in [0.05, 0.1) is 29.6 Å². The van der Waals surface area contributed by atoms with Crippen molar-refractivity contribution in [1.29, 1.82) is 0 Å². The maximum Gasteiger partial charge on any atom is 0.137 e. The predicted octanol–water partition coefficient (Wildman–Crippen LogP) is 4.93. The van der Waals surface area contributed by atoms with E-state index < -0.39 is 5.38 Å². The lowest BCUT2D eigenvalue weighted by molar-refractivity contribution is 0.386. The molecule has 0 saturated heterocycles. The van der Waals surface area contributed by atoms with Crippen molar-refractivity contribution >= 4 is 27.5 Å². The number of methoxy groups -OCH3 is 2. The number of alkyl halides is 1. The van der Waals surface area contributed by atoms with Crippen LogP contribution in [-0.4, -0.2) is 14.2 Å². The summed E-state index contributed by atoms with van der Waals surface area (Å²) in [5.41, 5.74) is 1.47. The molecule has 0 aromatic heterocycles. The molecular weight excluding hydrogens is 347 g/mol. The topological polar surface area (TPSA) is 18.5 Å². The van der Waals surface area contributed by atoms with Gasteiger partial charge in [0.2, 0.25) is 0 Å². The largest absolute Gasteiger partial charge is 0.496 e. The molecule has 2 aromatic rings. The molecule has 106 valence electrons. The lowest BCUT2D eigenvalue weighted by Crippen LogP contribution is -2.01. The minimum atomic E-state index is -0.502. The molecule has 0 aliphatic heterocycles. The first-order valence-corrected chi connectivity index (χ1v) is 7.11. The molecule has 0 saturated carbocycles. The summed E-state index contributed by atoms with van der Waals surface area (Å²) in [6.07, 6.45) is 0. The maximum atomic E-state index is 13.3. The number of benzene rings is 2. The molecular formula is C15H13BrClFO2. The zero-order chi connectivity index (χ0) is 14.7. The lowest BCUT2D eigenvalue weighted by Gasteiger charge is -2.18. The predicted molar refractivity (Wildman–Crippen MR) is 81.3 cm³/mol. The second-order valence-electron chi connectivity index (χ2n) is 4.11. The van der Waals surface area contributed by atoms with Crippen molar-refractivity contribution in [2.75, 3.05) is 14.2 Å². The minimum Gasteiger partial charge on any atom is -0.496 e. The van der Waals surface area contributed by atoms with E-state index in [0.29, 0.717) is 16.0 Å². The summed E-state index contributed by atoms with van der Waals surface area (Å²) in [4.78, 5) is 0. The van der Waals surface area contributed by atoms with Crippen molar-refractivity contribution in [3.63, 3.8) is 0 Å². The molecule has 0 heterocycles. The van der Waals surface area contributed by atoms with Gasteiger partial charge in [0.15, 0.2) is 0 Å². The molecule has 1 atom stereocenters. The van der Waals surface area contributed by atoms with Gasteiger partial charge >= 0.3 is 0 Å².